The minimum atomic E-state index is -0.321. The molecule has 2 N–H and O–H groups in total. The molecule has 1 aliphatic rings. The van der Waals surface area contributed by atoms with E-state index in [-0.39, 0.29) is 29.7 Å². The van der Waals surface area contributed by atoms with Gasteiger partial charge in [-0.1, -0.05) is 25.0 Å². The highest BCUT2D eigenvalue weighted by molar-refractivity contribution is 7.19. The maximum Gasteiger partial charge on any atom is 0.260 e. The molecule has 0 spiro atoms. The molecule has 7 heteroatoms. The van der Waals surface area contributed by atoms with Gasteiger partial charge in [0, 0.05) is 16.5 Å². The van der Waals surface area contributed by atoms with E-state index < -0.39 is 0 Å². The predicted molar refractivity (Wildman–Crippen MR) is 104 cm³/mol. The van der Waals surface area contributed by atoms with Crippen molar-refractivity contribution in [2.24, 2.45) is 0 Å². The number of aryl methyl sites for hydroxylation is 1. The molecule has 2 aromatic heterocycles. The van der Waals surface area contributed by atoms with Crippen LogP contribution in [0.25, 0.3) is 21.3 Å². The van der Waals surface area contributed by atoms with Crippen LogP contribution in [0.15, 0.2) is 29.1 Å². The van der Waals surface area contributed by atoms with Crippen molar-refractivity contribution in [3.63, 3.8) is 0 Å². The second kappa shape index (κ2) is 7.23. The molecule has 3 aromatic rings. The third kappa shape index (κ3) is 3.64. The molecule has 27 heavy (non-hydrogen) atoms. The summed E-state index contributed by atoms with van der Waals surface area (Å²) in [6, 6.07) is 6.31. The van der Waals surface area contributed by atoms with Crippen molar-refractivity contribution in [2.45, 2.75) is 45.1 Å². The van der Waals surface area contributed by atoms with Crippen molar-refractivity contribution in [1.82, 2.24) is 15.3 Å². The number of benzene rings is 1. The number of thiophene rings is 1. The summed E-state index contributed by atoms with van der Waals surface area (Å²) in [5.74, 6) is -0.0649. The number of aromatic amines is 1. The first kappa shape index (κ1) is 17.9. The van der Waals surface area contributed by atoms with Crippen molar-refractivity contribution in [3.05, 3.63) is 51.1 Å². The average Bonchev–Trinajstić information content (AvgIpc) is 3.23. The molecule has 0 bridgehead atoms. The van der Waals surface area contributed by atoms with Gasteiger partial charge in [-0.2, -0.15) is 0 Å². The SMILES string of the molecule is Cc1sc2nc(CC(=O)NC3CCCC3)[nH]c(=O)c2c1-c1ccc(F)cc1. The molecule has 1 amide bonds. The third-order valence-corrected chi connectivity index (χ3v) is 5.97. The van der Waals surface area contributed by atoms with Crippen LogP contribution in [0.2, 0.25) is 0 Å². The van der Waals surface area contributed by atoms with E-state index in [2.05, 4.69) is 15.3 Å². The van der Waals surface area contributed by atoms with Crippen LogP contribution in [0.1, 0.15) is 36.4 Å². The molecule has 4 rings (SSSR count). The molecule has 0 saturated heterocycles. The molecule has 1 aromatic carbocycles. The largest absolute Gasteiger partial charge is 0.353 e. The number of H-pyrrole nitrogens is 1. The van der Waals surface area contributed by atoms with Crippen LogP contribution >= 0.6 is 11.3 Å². The Morgan fingerprint density at radius 3 is 2.70 bits per heavy atom. The summed E-state index contributed by atoms with van der Waals surface area (Å²) in [7, 11) is 0. The van der Waals surface area contributed by atoms with E-state index in [1.807, 2.05) is 6.92 Å². The number of nitrogens with zero attached hydrogens (tertiary/aromatic N) is 1. The molecular weight excluding hydrogens is 365 g/mol. The first-order valence-corrected chi connectivity index (χ1v) is 9.90. The molecular formula is C20H20FN3O2S. The molecule has 0 atom stereocenters. The lowest BCUT2D eigenvalue weighted by molar-refractivity contribution is -0.121. The fourth-order valence-electron chi connectivity index (χ4n) is 3.71. The van der Waals surface area contributed by atoms with Gasteiger partial charge in [0.25, 0.3) is 5.56 Å². The number of rotatable bonds is 4. The fraction of sp³-hybridized carbons (Fsp3) is 0.350. The highest BCUT2D eigenvalue weighted by Crippen LogP contribution is 2.35. The Morgan fingerprint density at radius 2 is 2.00 bits per heavy atom. The first-order valence-electron chi connectivity index (χ1n) is 9.09. The minimum Gasteiger partial charge on any atom is -0.353 e. The number of aromatic nitrogens is 2. The van der Waals surface area contributed by atoms with Gasteiger partial charge in [-0.3, -0.25) is 9.59 Å². The molecule has 140 valence electrons. The number of hydrogen-bond donors (Lipinski definition) is 2. The molecule has 2 heterocycles. The lowest BCUT2D eigenvalue weighted by Crippen LogP contribution is -2.34. The van der Waals surface area contributed by atoms with E-state index in [1.165, 1.54) is 23.5 Å². The Kier molecular flexibility index (Phi) is 4.78. The lowest BCUT2D eigenvalue weighted by Gasteiger charge is -2.11. The second-order valence-corrected chi connectivity index (χ2v) is 8.16. The van der Waals surface area contributed by atoms with E-state index in [4.69, 9.17) is 0 Å². The number of hydrogen-bond acceptors (Lipinski definition) is 4. The Balaban J connectivity index is 1.65. The van der Waals surface area contributed by atoms with Crippen molar-refractivity contribution in [3.8, 4) is 11.1 Å². The second-order valence-electron chi connectivity index (χ2n) is 6.96. The van der Waals surface area contributed by atoms with E-state index >= 15 is 0 Å². The Morgan fingerprint density at radius 1 is 1.30 bits per heavy atom. The molecule has 0 radical (unpaired) electrons. The van der Waals surface area contributed by atoms with Crippen LogP contribution in [0, 0.1) is 12.7 Å². The maximum atomic E-state index is 13.2. The highest BCUT2D eigenvalue weighted by atomic mass is 32.1. The summed E-state index contributed by atoms with van der Waals surface area (Å²) < 4.78 is 13.2. The summed E-state index contributed by atoms with van der Waals surface area (Å²) in [6.45, 7) is 1.91. The summed E-state index contributed by atoms with van der Waals surface area (Å²) in [6.07, 6.45) is 4.38. The molecule has 1 aliphatic carbocycles. The highest BCUT2D eigenvalue weighted by Gasteiger charge is 2.20. The van der Waals surface area contributed by atoms with Gasteiger partial charge >= 0.3 is 0 Å². The van der Waals surface area contributed by atoms with E-state index in [9.17, 15) is 14.0 Å². The van der Waals surface area contributed by atoms with Crippen LogP contribution < -0.4 is 10.9 Å². The van der Waals surface area contributed by atoms with Crippen LogP contribution in [0.3, 0.4) is 0 Å². The first-order chi connectivity index (χ1) is 13.0. The molecule has 1 saturated carbocycles. The lowest BCUT2D eigenvalue weighted by atomic mass is 10.0. The standard InChI is InChI=1S/C20H20FN3O2S/c1-11-17(12-6-8-13(21)9-7-12)18-19(26)23-15(24-20(18)27-11)10-16(25)22-14-4-2-3-5-14/h6-9,14H,2-5,10H2,1H3,(H,22,25)(H,23,24,26). The summed E-state index contributed by atoms with van der Waals surface area (Å²) in [5.41, 5.74) is 1.28. The zero-order chi connectivity index (χ0) is 19.0. The van der Waals surface area contributed by atoms with Gasteiger partial charge in [-0.05, 0) is 37.5 Å². The average molecular weight is 385 g/mol. The zero-order valence-electron chi connectivity index (χ0n) is 15.0. The quantitative estimate of drug-likeness (QED) is 0.719. The molecule has 5 nitrogen and oxygen atoms in total. The van der Waals surface area contributed by atoms with Crippen LogP contribution in [0.4, 0.5) is 4.39 Å². The summed E-state index contributed by atoms with van der Waals surface area (Å²) >= 11 is 1.41. The predicted octanol–water partition coefficient (Wildman–Crippen LogP) is 3.70. The number of carbonyl (C=O) groups is 1. The summed E-state index contributed by atoms with van der Waals surface area (Å²) in [4.78, 5) is 33.7. The van der Waals surface area contributed by atoms with Gasteiger partial charge in [0.1, 0.15) is 16.5 Å². The van der Waals surface area contributed by atoms with Gasteiger partial charge in [-0.25, -0.2) is 9.37 Å². The number of carbonyl (C=O) groups excluding carboxylic acids is 1. The van der Waals surface area contributed by atoms with Crippen LogP contribution in [-0.4, -0.2) is 21.9 Å². The van der Waals surface area contributed by atoms with Crippen molar-refractivity contribution >= 4 is 27.5 Å². The smallest absolute Gasteiger partial charge is 0.260 e. The minimum absolute atomic E-state index is 0.0600. The molecule has 0 aliphatic heterocycles. The van der Waals surface area contributed by atoms with Gasteiger partial charge in [0.15, 0.2) is 0 Å². The van der Waals surface area contributed by atoms with Gasteiger partial charge in [-0.15, -0.1) is 11.3 Å². The van der Waals surface area contributed by atoms with E-state index in [0.29, 0.717) is 16.0 Å². The van der Waals surface area contributed by atoms with Gasteiger partial charge in [0.2, 0.25) is 5.91 Å². The van der Waals surface area contributed by atoms with Crippen molar-refractivity contribution < 1.29 is 9.18 Å². The number of fused-ring (bicyclic) bond motifs is 1. The Labute approximate surface area is 159 Å². The van der Waals surface area contributed by atoms with Crippen LogP contribution in [-0.2, 0) is 11.2 Å². The Bertz CT molecular complexity index is 1050. The Hall–Kier alpha value is -2.54. The van der Waals surface area contributed by atoms with Crippen molar-refractivity contribution in [2.75, 3.05) is 0 Å². The van der Waals surface area contributed by atoms with Crippen LogP contribution in [0.5, 0.6) is 0 Å². The van der Waals surface area contributed by atoms with E-state index in [0.717, 1.165) is 41.7 Å². The topological polar surface area (TPSA) is 74.8 Å². The molecule has 1 fully saturated rings. The molecule has 0 unspecified atom stereocenters. The van der Waals surface area contributed by atoms with Gasteiger partial charge in [0.05, 0.1) is 11.8 Å². The summed E-state index contributed by atoms with van der Waals surface area (Å²) in [5, 5.41) is 3.50. The number of nitrogens with one attached hydrogen (secondary N) is 2. The third-order valence-electron chi connectivity index (χ3n) is 4.97. The zero-order valence-corrected chi connectivity index (χ0v) is 15.8. The fourth-order valence-corrected chi connectivity index (χ4v) is 4.78. The normalized spacial score (nSPS) is 14.7. The van der Waals surface area contributed by atoms with Crippen molar-refractivity contribution in [1.29, 1.82) is 0 Å². The number of amides is 1. The van der Waals surface area contributed by atoms with E-state index in [1.54, 1.807) is 12.1 Å². The maximum absolute atomic E-state index is 13.2. The monoisotopic (exact) mass is 385 g/mol. The number of halogens is 1. The van der Waals surface area contributed by atoms with Gasteiger partial charge < -0.3 is 10.3 Å².